The van der Waals surface area contributed by atoms with Crippen molar-refractivity contribution >= 4 is 17.6 Å². The summed E-state index contributed by atoms with van der Waals surface area (Å²) < 4.78 is 9.61. The van der Waals surface area contributed by atoms with E-state index >= 15 is 0 Å². The number of hydrogen-bond donors (Lipinski definition) is 1. The molecule has 0 spiro atoms. The Labute approximate surface area is 127 Å². The molecule has 1 amide bonds. The third kappa shape index (κ3) is 4.41. The second-order valence-electron chi connectivity index (χ2n) is 4.71. The maximum absolute atomic E-state index is 11.9. The van der Waals surface area contributed by atoms with Crippen LogP contribution in [0.1, 0.15) is 34.9 Å². The molecule has 0 saturated heterocycles. The lowest BCUT2D eigenvalue weighted by Gasteiger charge is -2.06. The first kappa shape index (κ1) is 15.7. The molecule has 0 aliphatic rings. The Balaban J connectivity index is 1.82. The van der Waals surface area contributed by atoms with Gasteiger partial charge >= 0.3 is 5.97 Å². The van der Waals surface area contributed by atoms with Crippen molar-refractivity contribution in [3.63, 3.8) is 0 Å². The predicted octanol–water partition coefficient (Wildman–Crippen LogP) is 2.13. The van der Waals surface area contributed by atoms with E-state index < -0.39 is 5.97 Å². The van der Waals surface area contributed by atoms with E-state index in [9.17, 15) is 9.59 Å². The van der Waals surface area contributed by atoms with Gasteiger partial charge in [-0.3, -0.25) is 4.79 Å². The lowest BCUT2D eigenvalue weighted by molar-refractivity contribution is -0.116. The third-order valence-corrected chi connectivity index (χ3v) is 2.93. The van der Waals surface area contributed by atoms with Gasteiger partial charge in [0.15, 0.2) is 5.82 Å². The third-order valence-electron chi connectivity index (χ3n) is 2.93. The number of methoxy groups -OCH3 is 1. The van der Waals surface area contributed by atoms with Gasteiger partial charge in [0.2, 0.25) is 11.8 Å². The largest absolute Gasteiger partial charge is 0.465 e. The van der Waals surface area contributed by atoms with Gasteiger partial charge in [0.25, 0.3) is 0 Å². The fourth-order valence-corrected chi connectivity index (χ4v) is 1.91. The summed E-state index contributed by atoms with van der Waals surface area (Å²) in [6.07, 6.45) is 1.48. The zero-order valence-corrected chi connectivity index (χ0v) is 12.5. The van der Waals surface area contributed by atoms with Gasteiger partial charge in [-0.05, 0) is 31.5 Å². The van der Waals surface area contributed by atoms with Crippen molar-refractivity contribution in [2.45, 2.75) is 26.2 Å². The topological polar surface area (TPSA) is 94.3 Å². The Bertz CT molecular complexity index is 666. The molecule has 0 atom stereocenters. The molecule has 0 aliphatic heterocycles. The van der Waals surface area contributed by atoms with Crippen LogP contribution in [0.2, 0.25) is 0 Å². The van der Waals surface area contributed by atoms with Gasteiger partial charge in [0.05, 0.1) is 12.7 Å². The monoisotopic (exact) mass is 303 g/mol. The van der Waals surface area contributed by atoms with Crippen LogP contribution in [0, 0.1) is 6.92 Å². The number of aryl methyl sites for hydroxylation is 2. The Morgan fingerprint density at radius 2 is 2.18 bits per heavy atom. The molecule has 0 bridgehead atoms. The molecule has 7 nitrogen and oxygen atoms in total. The van der Waals surface area contributed by atoms with E-state index in [1.807, 2.05) is 0 Å². The smallest absolute Gasteiger partial charge is 0.337 e. The van der Waals surface area contributed by atoms with Crippen molar-refractivity contribution in [2.75, 3.05) is 12.4 Å². The number of anilines is 1. The summed E-state index contributed by atoms with van der Waals surface area (Å²) in [5.41, 5.74) is 0.947. The molecule has 7 heteroatoms. The van der Waals surface area contributed by atoms with E-state index in [0.29, 0.717) is 42.2 Å². The standard InChI is InChI=1S/C15H17N3O4/c1-10-16-14(22-18-10)8-4-7-13(19)17-12-6-3-5-11(9-12)15(20)21-2/h3,5-6,9H,4,7-8H2,1-2H3,(H,17,19). The molecule has 22 heavy (non-hydrogen) atoms. The molecular weight excluding hydrogens is 286 g/mol. The summed E-state index contributed by atoms with van der Waals surface area (Å²) >= 11 is 0. The second kappa shape index (κ2) is 7.35. The Kier molecular flexibility index (Phi) is 5.24. The van der Waals surface area contributed by atoms with E-state index in [4.69, 9.17) is 4.52 Å². The molecule has 0 radical (unpaired) electrons. The van der Waals surface area contributed by atoms with E-state index in [1.54, 1.807) is 31.2 Å². The van der Waals surface area contributed by atoms with Gasteiger partial charge in [0.1, 0.15) is 0 Å². The lowest BCUT2D eigenvalue weighted by Crippen LogP contribution is -2.12. The highest BCUT2D eigenvalue weighted by molar-refractivity contribution is 5.94. The first-order valence-electron chi connectivity index (χ1n) is 6.86. The van der Waals surface area contributed by atoms with Crippen LogP contribution in [0.15, 0.2) is 28.8 Å². The van der Waals surface area contributed by atoms with Gasteiger partial charge in [-0.1, -0.05) is 11.2 Å². The molecule has 1 N–H and O–H groups in total. The number of nitrogens with zero attached hydrogens (tertiary/aromatic N) is 2. The van der Waals surface area contributed by atoms with E-state index in [1.165, 1.54) is 7.11 Å². The molecule has 0 fully saturated rings. The fourth-order valence-electron chi connectivity index (χ4n) is 1.91. The number of ether oxygens (including phenoxy) is 1. The van der Waals surface area contributed by atoms with Gasteiger partial charge in [-0.25, -0.2) is 4.79 Å². The van der Waals surface area contributed by atoms with E-state index in [0.717, 1.165) is 0 Å². The molecule has 1 aromatic heterocycles. The Hall–Kier alpha value is -2.70. The zero-order valence-electron chi connectivity index (χ0n) is 12.5. The molecule has 2 rings (SSSR count). The zero-order chi connectivity index (χ0) is 15.9. The molecule has 0 aliphatic carbocycles. The quantitative estimate of drug-likeness (QED) is 0.821. The number of carbonyl (C=O) groups excluding carboxylic acids is 2. The summed E-state index contributed by atoms with van der Waals surface area (Å²) in [6, 6.07) is 6.60. The van der Waals surface area contributed by atoms with Crippen LogP contribution in [0.5, 0.6) is 0 Å². The number of amides is 1. The second-order valence-corrected chi connectivity index (χ2v) is 4.71. The normalized spacial score (nSPS) is 10.3. The van der Waals surface area contributed by atoms with Gasteiger partial charge in [-0.15, -0.1) is 0 Å². The first-order valence-corrected chi connectivity index (χ1v) is 6.86. The summed E-state index contributed by atoms with van der Waals surface area (Å²) in [4.78, 5) is 27.4. The SMILES string of the molecule is COC(=O)c1cccc(NC(=O)CCCc2nc(C)no2)c1. The van der Waals surface area contributed by atoms with Crippen LogP contribution >= 0.6 is 0 Å². The van der Waals surface area contributed by atoms with Crippen molar-refractivity contribution in [1.29, 1.82) is 0 Å². The van der Waals surface area contributed by atoms with Crippen molar-refractivity contribution in [3.8, 4) is 0 Å². The maximum Gasteiger partial charge on any atom is 0.337 e. The van der Waals surface area contributed by atoms with Crippen molar-refractivity contribution in [2.24, 2.45) is 0 Å². The highest BCUT2D eigenvalue weighted by Gasteiger charge is 2.09. The number of esters is 1. The van der Waals surface area contributed by atoms with Crippen LogP contribution in [-0.2, 0) is 16.0 Å². The summed E-state index contributed by atoms with van der Waals surface area (Å²) in [5, 5.41) is 6.43. The number of rotatable bonds is 6. The summed E-state index contributed by atoms with van der Waals surface area (Å²) in [5.74, 6) is 0.526. The van der Waals surface area contributed by atoms with Crippen molar-refractivity contribution in [3.05, 3.63) is 41.5 Å². The number of aromatic nitrogens is 2. The van der Waals surface area contributed by atoms with E-state index in [-0.39, 0.29) is 5.91 Å². The lowest BCUT2D eigenvalue weighted by atomic mass is 10.2. The van der Waals surface area contributed by atoms with Crippen LogP contribution in [0.25, 0.3) is 0 Å². The predicted molar refractivity (Wildman–Crippen MR) is 78.4 cm³/mol. The van der Waals surface area contributed by atoms with Crippen LogP contribution < -0.4 is 5.32 Å². The average molecular weight is 303 g/mol. The summed E-state index contributed by atoms with van der Waals surface area (Å²) in [6.45, 7) is 1.74. The summed E-state index contributed by atoms with van der Waals surface area (Å²) in [7, 11) is 1.31. The number of nitrogens with one attached hydrogen (secondary N) is 1. The highest BCUT2D eigenvalue weighted by Crippen LogP contribution is 2.12. The van der Waals surface area contributed by atoms with Gasteiger partial charge in [0, 0.05) is 18.5 Å². The first-order chi connectivity index (χ1) is 10.6. The average Bonchev–Trinajstić information content (AvgIpc) is 2.92. The molecule has 1 heterocycles. The molecule has 116 valence electrons. The number of hydrogen-bond acceptors (Lipinski definition) is 6. The van der Waals surface area contributed by atoms with E-state index in [2.05, 4.69) is 20.2 Å². The molecule has 0 unspecified atom stereocenters. The van der Waals surface area contributed by atoms with Crippen molar-refractivity contribution in [1.82, 2.24) is 10.1 Å². The Morgan fingerprint density at radius 3 is 2.86 bits per heavy atom. The Morgan fingerprint density at radius 1 is 1.36 bits per heavy atom. The van der Waals surface area contributed by atoms with Crippen molar-refractivity contribution < 1.29 is 18.8 Å². The number of carbonyl (C=O) groups is 2. The molecular formula is C15H17N3O4. The number of benzene rings is 1. The molecule has 1 aromatic carbocycles. The molecule has 2 aromatic rings. The fraction of sp³-hybridized carbons (Fsp3) is 0.333. The minimum atomic E-state index is -0.442. The minimum absolute atomic E-state index is 0.141. The van der Waals surface area contributed by atoms with Gasteiger partial charge in [-0.2, -0.15) is 4.98 Å². The maximum atomic E-state index is 11.9. The van der Waals surface area contributed by atoms with Crippen LogP contribution in [0.3, 0.4) is 0 Å². The van der Waals surface area contributed by atoms with Crippen LogP contribution in [0.4, 0.5) is 5.69 Å². The van der Waals surface area contributed by atoms with Crippen LogP contribution in [-0.4, -0.2) is 29.1 Å². The highest BCUT2D eigenvalue weighted by atomic mass is 16.5. The molecule has 0 saturated carbocycles. The van der Waals surface area contributed by atoms with Gasteiger partial charge < -0.3 is 14.6 Å². The minimum Gasteiger partial charge on any atom is -0.465 e.